The zero-order chi connectivity index (χ0) is 13.0. The highest BCUT2D eigenvalue weighted by molar-refractivity contribution is 8.00. The predicted octanol–water partition coefficient (Wildman–Crippen LogP) is 4.02. The summed E-state index contributed by atoms with van der Waals surface area (Å²) in [5.41, 5.74) is 1.76. The van der Waals surface area contributed by atoms with Gasteiger partial charge in [0, 0.05) is 11.8 Å². The van der Waals surface area contributed by atoms with Crippen LogP contribution in [0.4, 0.5) is 0 Å². The molecule has 2 rings (SSSR count). The molecule has 4 heteroatoms. The van der Waals surface area contributed by atoms with Gasteiger partial charge in [0.25, 0.3) is 0 Å². The Morgan fingerprint density at radius 3 is 2.78 bits per heavy atom. The lowest BCUT2D eigenvalue weighted by Gasteiger charge is -2.05. The van der Waals surface area contributed by atoms with E-state index in [1.165, 1.54) is 11.8 Å². The first-order chi connectivity index (χ1) is 8.68. The third-order valence-electron chi connectivity index (χ3n) is 2.51. The Bertz CT molecular complexity index is 571. The first-order valence-corrected chi connectivity index (χ1v) is 6.87. The Morgan fingerprint density at radius 2 is 2.06 bits per heavy atom. The lowest BCUT2D eigenvalue weighted by molar-refractivity contribution is 0.102. The highest BCUT2D eigenvalue weighted by Gasteiger charge is 2.10. The molecular weight excluding hydrogens is 266 g/mol. The first-order valence-electron chi connectivity index (χ1n) is 5.50. The minimum atomic E-state index is 0.0971. The second kappa shape index (κ2) is 6.03. The van der Waals surface area contributed by atoms with Crippen LogP contribution in [0.25, 0.3) is 0 Å². The largest absolute Gasteiger partial charge is 0.293 e. The van der Waals surface area contributed by atoms with E-state index in [1.54, 1.807) is 18.3 Å². The summed E-state index contributed by atoms with van der Waals surface area (Å²) in [5.74, 6) is 0.446. The standard InChI is InChI=1S/C14H12ClNOS/c1-10-5-2-3-6-11(10)13(17)9-18-14-12(15)7-4-8-16-14/h2-8H,9H2,1H3. The van der Waals surface area contributed by atoms with Gasteiger partial charge in [0.15, 0.2) is 5.78 Å². The Labute approximate surface area is 115 Å². The normalized spacial score (nSPS) is 10.3. The van der Waals surface area contributed by atoms with E-state index < -0.39 is 0 Å². The Kier molecular flexibility index (Phi) is 4.39. The highest BCUT2D eigenvalue weighted by Crippen LogP contribution is 2.25. The van der Waals surface area contributed by atoms with Gasteiger partial charge in [-0.2, -0.15) is 0 Å². The minimum Gasteiger partial charge on any atom is -0.293 e. The Balaban J connectivity index is 2.06. The SMILES string of the molecule is Cc1ccccc1C(=O)CSc1ncccc1Cl. The molecule has 0 saturated carbocycles. The van der Waals surface area contributed by atoms with Crippen molar-refractivity contribution in [3.63, 3.8) is 0 Å². The van der Waals surface area contributed by atoms with Crippen LogP contribution in [0.5, 0.6) is 0 Å². The lowest BCUT2D eigenvalue weighted by Crippen LogP contribution is -2.04. The van der Waals surface area contributed by atoms with Crippen LogP contribution in [0.2, 0.25) is 5.02 Å². The molecule has 92 valence electrons. The molecule has 0 aliphatic heterocycles. The van der Waals surface area contributed by atoms with Crippen molar-refractivity contribution >= 4 is 29.1 Å². The summed E-state index contributed by atoms with van der Waals surface area (Å²) >= 11 is 7.36. The molecule has 2 aromatic rings. The van der Waals surface area contributed by atoms with Gasteiger partial charge in [-0.25, -0.2) is 4.98 Å². The number of carbonyl (C=O) groups excluding carboxylic acids is 1. The van der Waals surface area contributed by atoms with Crippen molar-refractivity contribution < 1.29 is 4.79 Å². The summed E-state index contributed by atoms with van der Waals surface area (Å²) in [4.78, 5) is 16.2. The van der Waals surface area contributed by atoms with Gasteiger partial charge in [0.2, 0.25) is 0 Å². The fraction of sp³-hybridized carbons (Fsp3) is 0.143. The number of carbonyl (C=O) groups is 1. The number of hydrogen-bond acceptors (Lipinski definition) is 3. The number of pyridine rings is 1. The van der Waals surface area contributed by atoms with E-state index in [2.05, 4.69) is 4.98 Å². The maximum absolute atomic E-state index is 12.1. The third kappa shape index (κ3) is 3.12. The summed E-state index contributed by atoms with van der Waals surface area (Å²) in [7, 11) is 0. The lowest BCUT2D eigenvalue weighted by atomic mass is 10.1. The van der Waals surface area contributed by atoms with Gasteiger partial charge in [-0.15, -0.1) is 0 Å². The van der Waals surface area contributed by atoms with Gasteiger partial charge in [-0.05, 0) is 24.6 Å². The van der Waals surface area contributed by atoms with Crippen molar-refractivity contribution in [3.8, 4) is 0 Å². The number of aryl methyl sites for hydroxylation is 1. The van der Waals surface area contributed by atoms with Crippen molar-refractivity contribution in [1.82, 2.24) is 4.98 Å². The molecule has 0 fully saturated rings. The number of thioether (sulfide) groups is 1. The van der Waals surface area contributed by atoms with Crippen LogP contribution in [0, 0.1) is 6.92 Å². The van der Waals surface area contributed by atoms with E-state index in [9.17, 15) is 4.79 Å². The van der Waals surface area contributed by atoms with Crippen molar-refractivity contribution in [1.29, 1.82) is 0 Å². The quantitative estimate of drug-likeness (QED) is 0.624. The fourth-order valence-electron chi connectivity index (χ4n) is 1.57. The van der Waals surface area contributed by atoms with E-state index in [1.807, 2.05) is 31.2 Å². The number of rotatable bonds is 4. The maximum atomic E-state index is 12.1. The second-order valence-corrected chi connectivity index (χ2v) is 5.19. The van der Waals surface area contributed by atoms with Crippen LogP contribution in [-0.2, 0) is 0 Å². The van der Waals surface area contributed by atoms with Crippen molar-refractivity contribution in [2.75, 3.05) is 5.75 Å². The zero-order valence-electron chi connectivity index (χ0n) is 9.89. The van der Waals surface area contributed by atoms with E-state index in [4.69, 9.17) is 11.6 Å². The second-order valence-electron chi connectivity index (χ2n) is 3.82. The van der Waals surface area contributed by atoms with Crippen LogP contribution < -0.4 is 0 Å². The van der Waals surface area contributed by atoms with Crippen LogP contribution in [0.15, 0.2) is 47.6 Å². The molecule has 1 heterocycles. The summed E-state index contributed by atoms with van der Waals surface area (Å²) in [5, 5.41) is 1.28. The topological polar surface area (TPSA) is 30.0 Å². The molecule has 0 amide bonds. The average Bonchev–Trinajstić information content (AvgIpc) is 2.38. The summed E-state index contributed by atoms with van der Waals surface area (Å²) < 4.78 is 0. The van der Waals surface area contributed by atoms with Crippen LogP contribution in [0.3, 0.4) is 0 Å². The molecule has 0 aliphatic carbocycles. The van der Waals surface area contributed by atoms with Gasteiger partial charge in [0.1, 0.15) is 5.03 Å². The van der Waals surface area contributed by atoms with Crippen LogP contribution >= 0.6 is 23.4 Å². The van der Waals surface area contributed by atoms with E-state index in [0.29, 0.717) is 15.8 Å². The summed E-state index contributed by atoms with van der Waals surface area (Å²) in [6.07, 6.45) is 1.67. The molecule has 0 bridgehead atoms. The molecule has 0 spiro atoms. The van der Waals surface area contributed by atoms with Gasteiger partial charge in [-0.3, -0.25) is 4.79 Å². The van der Waals surface area contributed by atoms with Crippen molar-refractivity contribution in [2.45, 2.75) is 11.9 Å². The summed E-state index contributed by atoms with van der Waals surface area (Å²) in [6, 6.07) is 11.1. The van der Waals surface area contributed by atoms with Crippen LogP contribution in [0.1, 0.15) is 15.9 Å². The number of aromatic nitrogens is 1. The van der Waals surface area contributed by atoms with Crippen LogP contribution in [-0.4, -0.2) is 16.5 Å². The Hall–Kier alpha value is -1.32. The Morgan fingerprint density at radius 1 is 1.28 bits per heavy atom. The molecule has 0 aliphatic rings. The highest BCUT2D eigenvalue weighted by atomic mass is 35.5. The van der Waals surface area contributed by atoms with Gasteiger partial charge < -0.3 is 0 Å². The number of nitrogens with zero attached hydrogens (tertiary/aromatic N) is 1. The monoisotopic (exact) mass is 277 g/mol. The first kappa shape index (κ1) is 13.1. The molecule has 2 nitrogen and oxygen atoms in total. The number of halogens is 1. The number of benzene rings is 1. The zero-order valence-corrected chi connectivity index (χ0v) is 11.5. The van der Waals surface area contributed by atoms with Gasteiger partial charge >= 0.3 is 0 Å². The fourth-order valence-corrected chi connectivity index (χ4v) is 2.62. The number of ketones is 1. The maximum Gasteiger partial charge on any atom is 0.173 e. The van der Waals surface area contributed by atoms with Crippen molar-refractivity contribution in [3.05, 3.63) is 58.7 Å². The molecule has 1 aromatic carbocycles. The van der Waals surface area contributed by atoms with E-state index >= 15 is 0 Å². The molecule has 0 N–H and O–H groups in total. The summed E-state index contributed by atoms with van der Waals surface area (Å²) in [6.45, 7) is 1.94. The predicted molar refractivity (Wildman–Crippen MR) is 75.5 cm³/mol. The molecule has 0 atom stereocenters. The van der Waals surface area contributed by atoms with E-state index in [-0.39, 0.29) is 5.78 Å². The molecule has 0 unspecified atom stereocenters. The molecule has 0 radical (unpaired) electrons. The van der Waals surface area contributed by atoms with Gasteiger partial charge in [0.05, 0.1) is 10.8 Å². The molecule has 0 saturated heterocycles. The average molecular weight is 278 g/mol. The van der Waals surface area contributed by atoms with E-state index in [0.717, 1.165) is 11.1 Å². The number of hydrogen-bond donors (Lipinski definition) is 0. The third-order valence-corrected chi connectivity index (χ3v) is 3.93. The number of Topliss-reactive ketones (excluding diaryl/α,β-unsaturated/α-hetero) is 1. The molecule has 1 aromatic heterocycles. The minimum absolute atomic E-state index is 0.0971. The smallest absolute Gasteiger partial charge is 0.173 e. The molecular formula is C14H12ClNOS. The van der Waals surface area contributed by atoms with Gasteiger partial charge in [-0.1, -0.05) is 47.6 Å². The van der Waals surface area contributed by atoms with Crippen molar-refractivity contribution in [2.24, 2.45) is 0 Å². The molecule has 18 heavy (non-hydrogen) atoms.